The number of imide groups is 1. The third kappa shape index (κ3) is 2.25. The quantitative estimate of drug-likeness (QED) is 0.207. The number of alkyl halides is 1. The molecule has 1 saturated heterocycles. The van der Waals surface area contributed by atoms with E-state index < -0.39 is 32.9 Å². The Kier molecular flexibility index (Phi) is 3.99. The fraction of sp³-hybridized carbons (Fsp3) is 0.167. The highest BCUT2D eigenvalue weighted by Crippen LogP contribution is 2.66. The summed E-state index contributed by atoms with van der Waals surface area (Å²) in [7, 11) is 0. The fourth-order valence-corrected chi connectivity index (χ4v) is 7.12. The zero-order valence-electron chi connectivity index (χ0n) is 16.4. The summed E-state index contributed by atoms with van der Waals surface area (Å²) in [6.07, 6.45) is 0. The van der Waals surface area contributed by atoms with Crippen molar-refractivity contribution in [2.24, 2.45) is 11.8 Å². The molecule has 0 radical (unpaired) electrons. The third-order valence-corrected chi connectivity index (χ3v) is 8.47. The Morgan fingerprint density at radius 3 is 2.12 bits per heavy atom. The molecule has 0 N–H and O–H groups in total. The van der Waals surface area contributed by atoms with Gasteiger partial charge in [-0.3, -0.25) is 19.7 Å². The van der Waals surface area contributed by atoms with Gasteiger partial charge in [-0.15, -0.1) is 0 Å². The van der Waals surface area contributed by atoms with Crippen LogP contribution in [-0.4, -0.2) is 16.7 Å². The van der Waals surface area contributed by atoms with Crippen LogP contribution in [0.25, 0.3) is 0 Å². The Labute approximate surface area is 196 Å². The number of carbonyl (C=O) groups is 2. The average Bonchev–Trinajstić information content (AvgIpc) is 3.06. The molecular formula is C24H14BrClN2O4. The summed E-state index contributed by atoms with van der Waals surface area (Å²) in [5.74, 6) is -2.57. The van der Waals surface area contributed by atoms with Crippen molar-refractivity contribution in [2.45, 2.75) is 10.2 Å². The number of hydrogen-bond donors (Lipinski definition) is 0. The van der Waals surface area contributed by atoms with Gasteiger partial charge >= 0.3 is 0 Å². The van der Waals surface area contributed by atoms with Crippen LogP contribution in [0, 0.1) is 22.0 Å². The highest BCUT2D eigenvalue weighted by atomic mass is 79.9. The molecular weight excluding hydrogens is 496 g/mol. The first-order chi connectivity index (χ1) is 15.4. The highest BCUT2D eigenvalue weighted by molar-refractivity contribution is 9.09. The van der Waals surface area contributed by atoms with Gasteiger partial charge in [0.15, 0.2) is 0 Å². The maximum atomic E-state index is 13.8. The molecule has 1 aliphatic heterocycles. The van der Waals surface area contributed by atoms with Crippen molar-refractivity contribution in [3.05, 3.63) is 104 Å². The summed E-state index contributed by atoms with van der Waals surface area (Å²) >= 11 is 9.87. The van der Waals surface area contributed by atoms with E-state index in [0.29, 0.717) is 0 Å². The first-order valence-electron chi connectivity index (χ1n) is 10.0. The molecule has 2 amide bonds. The predicted molar refractivity (Wildman–Crippen MR) is 122 cm³/mol. The Morgan fingerprint density at radius 1 is 0.938 bits per heavy atom. The summed E-state index contributed by atoms with van der Waals surface area (Å²) in [4.78, 5) is 39.7. The van der Waals surface area contributed by atoms with Crippen LogP contribution >= 0.6 is 27.5 Å². The number of benzene rings is 3. The van der Waals surface area contributed by atoms with E-state index in [1.807, 2.05) is 48.5 Å². The van der Waals surface area contributed by atoms with Crippen molar-refractivity contribution in [2.75, 3.05) is 4.90 Å². The number of halogens is 2. The van der Waals surface area contributed by atoms with Crippen molar-refractivity contribution < 1.29 is 14.5 Å². The van der Waals surface area contributed by atoms with Gasteiger partial charge in [-0.05, 0) is 34.4 Å². The standard InChI is InChI=1S/C24H14BrClN2O4/c25-24-15-7-3-1-5-13(15)19(14-6-2-4-8-16(14)24)20-21(24)23(30)27(22(20)29)17-10-9-12(26)11-18(17)28(31)32/h1-11,19-21H/t19?,20-,21-,24?/m0/s1. The van der Waals surface area contributed by atoms with Crippen LogP contribution in [-0.2, 0) is 13.9 Å². The van der Waals surface area contributed by atoms with Crippen LogP contribution in [0.2, 0.25) is 5.02 Å². The van der Waals surface area contributed by atoms with Gasteiger partial charge in [0.1, 0.15) is 5.69 Å². The van der Waals surface area contributed by atoms with E-state index in [0.717, 1.165) is 27.2 Å². The van der Waals surface area contributed by atoms with E-state index in [1.165, 1.54) is 18.2 Å². The smallest absolute Gasteiger partial charge is 0.274 e. The minimum Gasteiger partial charge on any atom is -0.274 e. The van der Waals surface area contributed by atoms with Crippen LogP contribution in [0.4, 0.5) is 11.4 Å². The van der Waals surface area contributed by atoms with E-state index in [9.17, 15) is 19.7 Å². The molecule has 0 saturated carbocycles. The van der Waals surface area contributed by atoms with Gasteiger partial charge in [-0.25, -0.2) is 4.90 Å². The van der Waals surface area contributed by atoms with E-state index in [-0.39, 0.29) is 22.3 Å². The van der Waals surface area contributed by atoms with Gasteiger partial charge in [0.05, 0.1) is 21.1 Å². The van der Waals surface area contributed by atoms with Crippen LogP contribution in [0.5, 0.6) is 0 Å². The zero-order valence-corrected chi connectivity index (χ0v) is 18.7. The molecule has 1 heterocycles. The van der Waals surface area contributed by atoms with Crippen molar-refractivity contribution in [3.63, 3.8) is 0 Å². The first-order valence-corrected chi connectivity index (χ1v) is 11.2. The highest BCUT2D eigenvalue weighted by Gasteiger charge is 2.68. The monoisotopic (exact) mass is 508 g/mol. The van der Waals surface area contributed by atoms with Crippen molar-refractivity contribution in [1.29, 1.82) is 0 Å². The lowest BCUT2D eigenvalue weighted by Crippen LogP contribution is -2.50. The molecule has 158 valence electrons. The topological polar surface area (TPSA) is 80.5 Å². The van der Waals surface area contributed by atoms with E-state index in [1.54, 1.807) is 0 Å². The number of nitro benzene ring substituents is 1. The summed E-state index contributed by atoms with van der Waals surface area (Å²) in [6.45, 7) is 0. The second-order valence-electron chi connectivity index (χ2n) is 8.27. The molecule has 32 heavy (non-hydrogen) atoms. The number of nitro groups is 1. The molecule has 0 spiro atoms. The number of nitrogens with zero attached hydrogens (tertiary/aromatic N) is 2. The Balaban J connectivity index is 1.61. The lowest BCUT2D eigenvalue weighted by Gasteiger charge is -2.51. The fourth-order valence-electron chi connectivity index (χ4n) is 5.75. The molecule has 6 nitrogen and oxygen atoms in total. The van der Waals surface area contributed by atoms with Crippen molar-refractivity contribution >= 4 is 50.7 Å². The summed E-state index contributed by atoms with van der Waals surface area (Å²) in [5, 5.41) is 11.9. The van der Waals surface area contributed by atoms with E-state index in [4.69, 9.17) is 11.6 Å². The Morgan fingerprint density at radius 2 is 1.53 bits per heavy atom. The normalized spacial score (nSPS) is 27.2. The van der Waals surface area contributed by atoms with Gasteiger partial charge in [0, 0.05) is 17.0 Å². The van der Waals surface area contributed by atoms with Gasteiger partial charge in [-0.2, -0.15) is 0 Å². The zero-order chi connectivity index (χ0) is 22.4. The van der Waals surface area contributed by atoms with Crippen LogP contribution < -0.4 is 4.90 Å². The molecule has 0 aromatic heterocycles. The second-order valence-corrected chi connectivity index (χ2v) is 9.96. The largest absolute Gasteiger partial charge is 0.294 e. The molecule has 4 aliphatic rings. The van der Waals surface area contributed by atoms with Crippen LogP contribution in [0.3, 0.4) is 0 Å². The molecule has 3 aliphatic carbocycles. The summed E-state index contributed by atoms with van der Waals surface area (Å²) in [5.41, 5.74) is 3.49. The van der Waals surface area contributed by atoms with Crippen molar-refractivity contribution in [1.82, 2.24) is 0 Å². The molecule has 3 aromatic carbocycles. The molecule has 7 rings (SSSR count). The van der Waals surface area contributed by atoms with Crippen LogP contribution in [0.1, 0.15) is 28.2 Å². The predicted octanol–water partition coefficient (Wildman–Crippen LogP) is 5.15. The Bertz CT molecular complexity index is 1330. The minimum atomic E-state index is -0.900. The summed E-state index contributed by atoms with van der Waals surface area (Å²) < 4.78 is -0.900. The number of hydrogen-bond acceptors (Lipinski definition) is 4. The molecule has 3 aromatic rings. The average molecular weight is 510 g/mol. The lowest BCUT2D eigenvalue weighted by atomic mass is 9.55. The minimum absolute atomic E-state index is 0.0487. The molecule has 2 bridgehead atoms. The second kappa shape index (κ2) is 6.49. The molecule has 8 heteroatoms. The van der Waals surface area contributed by atoms with Gasteiger partial charge in [0.2, 0.25) is 11.8 Å². The molecule has 2 atom stereocenters. The SMILES string of the molecule is O=C1[C@@H]2[C@@H](C(=O)N1c1ccc(Cl)cc1[N+](=O)[O-])C1c3ccccc3C2(Br)c2ccccc21. The molecule has 1 fully saturated rings. The third-order valence-electron chi connectivity index (χ3n) is 6.89. The first kappa shape index (κ1) is 19.6. The maximum Gasteiger partial charge on any atom is 0.294 e. The number of rotatable bonds is 2. The number of amides is 2. The summed E-state index contributed by atoms with van der Waals surface area (Å²) in [6, 6.07) is 19.6. The van der Waals surface area contributed by atoms with Crippen LogP contribution in [0.15, 0.2) is 66.7 Å². The molecule has 0 unspecified atom stereocenters. The van der Waals surface area contributed by atoms with Crippen molar-refractivity contribution in [3.8, 4) is 0 Å². The van der Waals surface area contributed by atoms with E-state index in [2.05, 4.69) is 15.9 Å². The lowest BCUT2D eigenvalue weighted by molar-refractivity contribution is -0.384. The van der Waals surface area contributed by atoms with Gasteiger partial charge < -0.3 is 0 Å². The van der Waals surface area contributed by atoms with E-state index >= 15 is 0 Å². The Hall–Kier alpha value is -3.03. The van der Waals surface area contributed by atoms with Gasteiger partial charge in [0.25, 0.3) is 5.69 Å². The number of anilines is 1. The number of carbonyl (C=O) groups excluding carboxylic acids is 2. The van der Waals surface area contributed by atoms with Gasteiger partial charge in [-0.1, -0.05) is 76.1 Å². The maximum absolute atomic E-state index is 13.8.